The fourth-order valence-electron chi connectivity index (χ4n) is 4.03. The van der Waals surface area contributed by atoms with Gasteiger partial charge in [0.2, 0.25) is 0 Å². The number of hydrogen-bond acceptors (Lipinski definition) is 2. The van der Waals surface area contributed by atoms with E-state index < -0.39 is 11.7 Å². The third-order valence-corrected chi connectivity index (χ3v) is 5.64. The summed E-state index contributed by atoms with van der Waals surface area (Å²) in [4.78, 5) is 0. The van der Waals surface area contributed by atoms with Crippen molar-refractivity contribution >= 4 is 22.2 Å². The number of nitrogens with zero attached hydrogens (tertiary/aromatic N) is 2. The maximum absolute atomic E-state index is 13.0. The van der Waals surface area contributed by atoms with Gasteiger partial charge in [-0.2, -0.15) is 18.3 Å². The van der Waals surface area contributed by atoms with Crippen LogP contribution < -0.4 is 5.01 Å². The van der Waals surface area contributed by atoms with E-state index in [9.17, 15) is 13.2 Å². The molecule has 2 nitrogen and oxygen atoms in total. The lowest BCUT2D eigenvalue weighted by Gasteiger charge is -2.24. The van der Waals surface area contributed by atoms with E-state index in [4.69, 9.17) is 5.10 Å². The summed E-state index contributed by atoms with van der Waals surface area (Å²) in [6, 6.07) is 29.3. The lowest BCUT2D eigenvalue weighted by molar-refractivity contribution is -0.137. The van der Waals surface area contributed by atoms with E-state index in [1.165, 1.54) is 0 Å². The van der Waals surface area contributed by atoms with Crippen LogP contribution in [0.5, 0.6) is 0 Å². The average Bonchev–Trinajstić information content (AvgIpc) is 3.24. The number of anilines is 1. The van der Waals surface area contributed by atoms with Crippen molar-refractivity contribution < 1.29 is 13.2 Å². The summed E-state index contributed by atoms with van der Waals surface area (Å²) in [5.74, 6) is 0. The Morgan fingerprint density at radius 2 is 1.42 bits per heavy atom. The zero-order chi connectivity index (χ0) is 21.4. The van der Waals surface area contributed by atoms with Crippen molar-refractivity contribution in [1.29, 1.82) is 0 Å². The van der Waals surface area contributed by atoms with Crippen molar-refractivity contribution in [3.8, 4) is 0 Å². The monoisotopic (exact) mass is 416 g/mol. The predicted molar refractivity (Wildman–Crippen MR) is 118 cm³/mol. The van der Waals surface area contributed by atoms with Gasteiger partial charge >= 0.3 is 6.18 Å². The predicted octanol–water partition coefficient (Wildman–Crippen LogP) is 7.21. The van der Waals surface area contributed by atoms with E-state index in [2.05, 4.69) is 30.3 Å². The van der Waals surface area contributed by atoms with Crippen LogP contribution in [0.15, 0.2) is 102 Å². The molecule has 1 aliphatic rings. The lowest BCUT2D eigenvalue weighted by Crippen LogP contribution is -2.18. The van der Waals surface area contributed by atoms with E-state index in [0.29, 0.717) is 6.42 Å². The summed E-state index contributed by atoms with van der Waals surface area (Å²) in [6.07, 6.45) is -3.74. The Morgan fingerprint density at radius 1 is 0.742 bits per heavy atom. The molecule has 0 N–H and O–H groups in total. The van der Waals surface area contributed by atoms with Gasteiger partial charge < -0.3 is 0 Å². The van der Waals surface area contributed by atoms with Gasteiger partial charge in [0.05, 0.1) is 23.0 Å². The van der Waals surface area contributed by atoms with Crippen LogP contribution >= 0.6 is 0 Å². The van der Waals surface area contributed by atoms with Crippen molar-refractivity contribution in [3.05, 3.63) is 114 Å². The fourth-order valence-corrected chi connectivity index (χ4v) is 4.03. The van der Waals surface area contributed by atoms with Crippen molar-refractivity contribution in [1.82, 2.24) is 0 Å². The first-order valence-corrected chi connectivity index (χ1v) is 10.1. The molecule has 4 aromatic rings. The molecule has 5 rings (SSSR count). The first-order valence-electron chi connectivity index (χ1n) is 10.1. The minimum Gasteiger partial charge on any atom is -0.257 e. The second-order valence-electron chi connectivity index (χ2n) is 7.63. The Hall–Kier alpha value is -3.60. The molecule has 1 aliphatic heterocycles. The number of benzene rings is 4. The van der Waals surface area contributed by atoms with Crippen LogP contribution in [0.3, 0.4) is 0 Å². The van der Waals surface area contributed by atoms with Gasteiger partial charge in [0.25, 0.3) is 0 Å². The van der Waals surface area contributed by atoms with Gasteiger partial charge in [-0.25, -0.2) is 0 Å². The van der Waals surface area contributed by atoms with Crippen LogP contribution in [0.25, 0.3) is 10.8 Å². The quantitative estimate of drug-likeness (QED) is 0.344. The van der Waals surface area contributed by atoms with E-state index in [-0.39, 0.29) is 6.04 Å². The Balaban J connectivity index is 1.54. The summed E-state index contributed by atoms with van der Waals surface area (Å²) in [7, 11) is 0. The smallest absolute Gasteiger partial charge is 0.257 e. The molecule has 0 fully saturated rings. The molecule has 0 aliphatic carbocycles. The van der Waals surface area contributed by atoms with Crippen LogP contribution in [0.1, 0.15) is 29.2 Å². The molecule has 0 unspecified atom stereocenters. The first-order chi connectivity index (χ1) is 15.0. The minimum absolute atomic E-state index is 0.175. The SMILES string of the molecule is FC(F)(F)c1ccc([C@@H]2CC(c3ccc4ccccc4c3)=NN2c2ccccc2)cc1. The fraction of sp³-hybridized carbons (Fsp3) is 0.115. The standard InChI is InChI=1S/C26H19F3N2/c27-26(28,29)22-14-12-19(13-15-22)25-17-24(30-31(25)23-8-2-1-3-9-23)21-11-10-18-6-4-5-7-20(18)16-21/h1-16,25H,17H2/t25-/m0/s1. The number of alkyl halides is 3. The zero-order valence-electron chi connectivity index (χ0n) is 16.6. The molecule has 0 bridgehead atoms. The van der Waals surface area contributed by atoms with Crippen LogP contribution in [0, 0.1) is 0 Å². The Labute approximate surface area is 178 Å². The largest absolute Gasteiger partial charge is 0.416 e. The summed E-state index contributed by atoms with van der Waals surface area (Å²) in [5.41, 5.74) is 3.00. The molecule has 154 valence electrons. The van der Waals surface area contributed by atoms with Gasteiger partial charge in [0.1, 0.15) is 0 Å². The van der Waals surface area contributed by atoms with Crippen LogP contribution in [0.2, 0.25) is 0 Å². The van der Waals surface area contributed by atoms with E-state index >= 15 is 0 Å². The number of fused-ring (bicyclic) bond motifs is 1. The van der Waals surface area contributed by atoms with Crippen LogP contribution in [-0.2, 0) is 6.18 Å². The first kappa shape index (κ1) is 19.4. The number of rotatable bonds is 3. The van der Waals surface area contributed by atoms with Crippen molar-refractivity contribution in [2.75, 3.05) is 5.01 Å². The van der Waals surface area contributed by atoms with E-state index in [0.717, 1.165) is 45.4 Å². The molecule has 5 heteroatoms. The molecule has 4 aromatic carbocycles. The molecule has 1 atom stereocenters. The van der Waals surface area contributed by atoms with Gasteiger partial charge in [-0.15, -0.1) is 0 Å². The van der Waals surface area contributed by atoms with Crippen molar-refractivity contribution in [2.24, 2.45) is 5.10 Å². The second-order valence-corrected chi connectivity index (χ2v) is 7.63. The summed E-state index contributed by atoms with van der Waals surface area (Å²) in [5, 5.41) is 9.09. The highest BCUT2D eigenvalue weighted by molar-refractivity contribution is 6.05. The zero-order valence-corrected chi connectivity index (χ0v) is 16.6. The number of halogens is 3. The molecule has 0 spiro atoms. The number of hydrazone groups is 1. The topological polar surface area (TPSA) is 15.6 Å². The average molecular weight is 416 g/mol. The van der Waals surface area contributed by atoms with Crippen molar-refractivity contribution in [2.45, 2.75) is 18.6 Å². The molecule has 0 radical (unpaired) electrons. The van der Waals surface area contributed by atoms with Crippen LogP contribution in [-0.4, -0.2) is 5.71 Å². The van der Waals surface area contributed by atoms with Gasteiger partial charge in [0, 0.05) is 6.42 Å². The highest BCUT2D eigenvalue weighted by Crippen LogP contribution is 2.38. The van der Waals surface area contributed by atoms with E-state index in [1.807, 2.05) is 47.5 Å². The summed E-state index contributed by atoms with van der Waals surface area (Å²) in [6.45, 7) is 0. The Morgan fingerprint density at radius 3 is 2.13 bits per heavy atom. The van der Waals surface area contributed by atoms with Gasteiger partial charge in [-0.1, -0.05) is 66.7 Å². The summed E-state index contributed by atoms with van der Waals surface area (Å²) >= 11 is 0. The van der Waals surface area contributed by atoms with Gasteiger partial charge in [-0.05, 0) is 52.2 Å². The van der Waals surface area contributed by atoms with Crippen molar-refractivity contribution in [3.63, 3.8) is 0 Å². The summed E-state index contributed by atoms with van der Waals surface area (Å²) < 4.78 is 39.0. The Bertz CT molecular complexity index is 1250. The molecule has 0 saturated heterocycles. The normalized spacial score (nSPS) is 16.5. The highest BCUT2D eigenvalue weighted by Gasteiger charge is 2.33. The van der Waals surface area contributed by atoms with Gasteiger partial charge in [-0.3, -0.25) is 5.01 Å². The molecule has 0 aromatic heterocycles. The molecular weight excluding hydrogens is 397 g/mol. The van der Waals surface area contributed by atoms with E-state index in [1.54, 1.807) is 12.1 Å². The number of para-hydroxylation sites is 1. The third-order valence-electron chi connectivity index (χ3n) is 5.64. The lowest BCUT2D eigenvalue weighted by atomic mass is 9.96. The second kappa shape index (κ2) is 7.58. The maximum atomic E-state index is 13.0. The van der Waals surface area contributed by atoms with Gasteiger partial charge in [0.15, 0.2) is 0 Å². The van der Waals surface area contributed by atoms with Crippen LogP contribution in [0.4, 0.5) is 18.9 Å². The Kier molecular flexibility index (Phi) is 4.74. The third kappa shape index (κ3) is 3.79. The number of hydrogen-bond donors (Lipinski definition) is 0. The molecular formula is C26H19F3N2. The maximum Gasteiger partial charge on any atom is 0.416 e. The molecule has 1 heterocycles. The highest BCUT2D eigenvalue weighted by atomic mass is 19.4. The molecule has 0 saturated carbocycles. The molecule has 0 amide bonds. The molecule has 31 heavy (non-hydrogen) atoms. The minimum atomic E-state index is -4.35.